The fourth-order valence-electron chi connectivity index (χ4n) is 2.55. The van der Waals surface area contributed by atoms with Crippen LogP contribution in [0.25, 0.3) is 0 Å². The van der Waals surface area contributed by atoms with Crippen LogP contribution < -0.4 is 10.5 Å². The fourth-order valence-corrected chi connectivity index (χ4v) is 2.55. The second-order valence-electron chi connectivity index (χ2n) is 4.72. The van der Waals surface area contributed by atoms with Gasteiger partial charge in [-0.3, -0.25) is 9.59 Å². The molecule has 1 aromatic carbocycles. The van der Waals surface area contributed by atoms with Crippen molar-refractivity contribution in [2.75, 3.05) is 7.11 Å². The Morgan fingerprint density at radius 3 is 2.56 bits per heavy atom. The number of Topliss-reactive ketones (excluding diaryl/α,β-unsaturated/α-hetero) is 1. The first-order valence-corrected chi connectivity index (χ1v) is 6.04. The van der Waals surface area contributed by atoms with E-state index in [0.29, 0.717) is 31.4 Å². The third-order valence-corrected chi connectivity index (χ3v) is 3.76. The molecule has 1 amide bonds. The average molecular weight is 247 g/mol. The van der Waals surface area contributed by atoms with Crippen molar-refractivity contribution in [2.45, 2.75) is 31.1 Å². The van der Waals surface area contributed by atoms with E-state index >= 15 is 0 Å². The Labute approximate surface area is 106 Å². The normalized spacial score (nSPS) is 18.4. The molecule has 4 heteroatoms. The summed E-state index contributed by atoms with van der Waals surface area (Å²) in [5.74, 6) is 0.544. The molecule has 0 saturated heterocycles. The van der Waals surface area contributed by atoms with Crippen molar-refractivity contribution in [3.63, 3.8) is 0 Å². The maximum absolute atomic E-state index is 11.9. The number of ketones is 1. The molecule has 0 unspecified atom stereocenters. The lowest BCUT2D eigenvalue weighted by Crippen LogP contribution is -2.44. The maximum Gasteiger partial charge on any atom is 0.228 e. The van der Waals surface area contributed by atoms with Gasteiger partial charge in [0.25, 0.3) is 0 Å². The van der Waals surface area contributed by atoms with Gasteiger partial charge in [-0.15, -0.1) is 0 Å². The molecule has 0 aliphatic heterocycles. The summed E-state index contributed by atoms with van der Waals surface area (Å²) in [6.45, 7) is 0. The molecular weight excluding hydrogens is 230 g/mol. The molecular formula is C14H17NO3. The molecule has 96 valence electrons. The van der Waals surface area contributed by atoms with E-state index in [2.05, 4.69) is 0 Å². The van der Waals surface area contributed by atoms with Crippen molar-refractivity contribution < 1.29 is 14.3 Å². The molecule has 0 heterocycles. The Kier molecular flexibility index (Phi) is 3.36. The first kappa shape index (κ1) is 12.6. The van der Waals surface area contributed by atoms with Crippen molar-refractivity contribution in [3.05, 3.63) is 29.8 Å². The second-order valence-corrected chi connectivity index (χ2v) is 4.72. The zero-order valence-electron chi connectivity index (χ0n) is 10.4. The second kappa shape index (κ2) is 4.80. The summed E-state index contributed by atoms with van der Waals surface area (Å²) in [5, 5.41) is 0. The number of methoxy groups -OCH3 is 1. The Balaban J connectivity index is 2.40. The van der Waals surface area contributed by atoms with Crippen LogP contribution in [0.15, 0.2) is 24.3 Å². The van der Waals surface area contributed by atoms with Crippen LogP contribution >= 0.6 is 0 Å². The number of amides is 1. The van der Waals surface area contributed by atoms with Gasteiger partial charge in [0, 0.05) is 12.8 Å². The fraction of sp³-hybridized carbons (Fsp3) is 0.429. The predicted octanol–water partition coefficient (Wildman–Crippen LogP) is 1.56. The molecule has 2 rings (SSSR count). The lowest BCUT2D eigenvalue weighted by molar-refractivity contribution is -0.128. The van der Waals surface area contributed by atoms with Crippen LogP contribution in [0.1, 0.15) is 31.2 Å². The molecule has 0 aromatic heterocycles. The summed E-state index contributed by atoms with van der Waals surface area (Å²) >= 11 is 0. The molecule has 0 spiro atoms. The van der Waals surface area contributed by atoms with E-state index < -0.39 is 5.41 Å². The zero-order chi connectivity index (χ0) is 13.2. The number of ether oxygens (including phenoxy) is 1. The minimum Gasteiger partial charge on any atom is -0.497 e. The number of nitrogens with two attached hydrogens (primary N) is 1. The molecule has 1 saturated carbocycles. The third-order valence-electron chi connectivity index (χ3n) is 3.76. The summed E-state index contributed by atoms with van der Waals surface area (Å²) < 4.78 is 5.17. The van der Waals surface area contributed by atoms with Gasteiger partial charge in [-0.05, 0) is 30.5 Å². The van der Waals surface area contributed by atoms with Crippen molar-refractivity contribution in [2.24, 2.45) is 5.73 Å². The average Bonchev–Trinajstić information content (AvgIpc) is 2.39. The summed E-state index contributed by atoms with van der Waals surface area (Å²) in [6.07, 6.45) is 1.82. The SMILES string of the molecule is COc1cccc(C2(C(N)=O)CCC(=O)CC2)c1. The maximum atomic E-state index is 11.9. The van der Waals surface area contributed by atoms with Gasteiger partial charge < -0.3 is 10.5 Å². The number of carbonyl (C=O) groups is 2. The van der Waals surface area contributed by atoms with Crippen LogP contribution in [0.2, 0.25) is 0 Å². The van der Waals surface area contributed by atoms with Crippen molar-refractivity contribution in [3.8, 4) is 5.75 Å². The molecule has 4 nitrogen and oxygen atoms in total. The van der Waals surface area contributed by atoms with Crippen molar-refractivity contribution in [1.82, 2.24) is 0 Å². The van der Waals surface area contributed by atoms with Gasteiger partial charge in [0.1, 0.15) is 11.5 Å². The predicted molar refractivity (Wildman–Crippen MR) is 67.3 cm³/mol. The van der Waals surface area contributed by atoms with E-state index in [-0.39, 0.29) is 11.7 Å². The Morgan fingerprint density at radius 1 is 1.33 bits per heavy atom. The number of benzene rings is 1. The van der Waals surface area contributed by atoms with Crippen molar-refractivity contribution in [1.29, 1.82) is 0 Å². The molecule has 0 bridgehead atoms. The van der Waals surface area contributed by atoms with Crippen LogP contribution in [-0.4, -0.2) is 18.8 Å². The van der Waals surface area contributed by atoms with Gasteiger partial charge in [0.15, 0.2) is 0 Å². The number of carbonyl (C=O) groups excluding carboxylic acids is 2. The van der Waals surface area contributed by atoms with E-state index in [1.165, 1.54) is 0 Å². The Hall–Kier alpha value is -1.84. The monoisotopic (exact) mass is 247 g/mol. The molecule has 1 fully saturated rings. The zero-order valence-corrected chi connectivity index (χ0v) is 10.4. The molecule has 1 aromatic rings. The Bertz CT molecular complexity index is 472. The van der Waals surface area contributed by atoms with Gasteiger partial charge in [0.2, 0.25) is 5.91 Å². The lowest BCUT2D eigenvalue weighted by Gasteiger charge is -2.34. The molecule has 1 aliphatic rings. The highest BCUT2D eigenvalue weighted by Crippen LogP contribution is 2.39. The highest BCUT2D eigenvalue weighted by molar-refractivity contribution is 5.90. The van der Waals surface area contributed by atoms with Gasteiger partial charge in [-0.2, -0.15) is 0 Å². The first-order valence-electron chi connectivity index (χ1n) is 6.04. The van der Waals surface area contributed by atoms with E-state index in [9.17, 15) is 9.59 Å². The van der Waals surface area contributed by atoms with Gasteiger partial charge in [-0.1, -0.05) is 12.1 Å². The van der Waals surface area contributed by atoms with Crippen LogP contribution in [0, 0.1) is 0 Å². The minimum atomic E-state index is -0.720. The van der Waals surface area contributed by atoms with E-state index in [1.54, 1.807) is 7.11 Å². The highest BCUT2D eigenvalue weighted by atomic mass is 16.5. The molecule has 0 radical (unpaired) electrons. The van der Waals surface area contributed by atoms with Crippen LogP contribution in [0.3, 0.4) is 0 Å². The van der Waals surface area contributed by atoms with Gasteiger partial charge >= 0.3 is 0 Å². The number of rotatable bonds is 3. The quantitative estimate of drug-likeness (QED) is 0.881. The molecule has 2 N–H and O–H groups in total. The summed E-state index contributed by atoms with van der Waals surface area (Å²) in [7, 11) is 1.58. The van der Waals surface area contributed by atoms with Crippen LogP contribution in [-0.2, 0) is 15.0 Å². The highest BCUT2D eigenvalue weighted by Gasteiger charge is 2.41. The smallest absolute Gasteiger partial charge is 0.228 e. The van der Waals surface area contributed by atoms with Crippen LogP contribution in [0.4, 0.5) is 0 Å². The molecule has 18 heavy (non-hydrogen) atoms. The summed E-state index contributed by atoms with van der Waals surface area (Å²) in [5.41, 5.74) is 5.71. The van der Waals surface area contributed by atoms with Gasteiger partial charge in [-0.25, -0.2) is 0 Å². The number of hydrogen-bond acceptors (Lipinski definition) is 3. The Morgan fingerprint density at radius 2 is 2.00 bits per heavy atom. The largest absolute Gasteiger partial charge is 0.497 e. The lowest BCUT2D eigenvalue weighted by atomic mass is 9.68. The molecule has 1 aliphatic carbocycles. The first-order chi connectivity index (χ1) is 8.58. The minimum absolute atomic E-state index is 0.203. The standard InChI is InChI=1S/C14H17NO3/c1-18-12-4-2-3-10(9-12)14(13(15)17)7-5-11(16)6-8-14/h2-4,9H,5-8H2,1H3,(H2,15,17). The topological polar surface area (TPSA) is 69.4 Å². The number of primary amides is 1. The number of hydrogen-bond donors (Lipinski definition) is 1. The van der Waals surface area contributed by atoms with E-state index in [0.717, 1.165) is 5.56 Å². The van der Waals surface area contributed by atoms with E-state index in [4.69, 9.17) is 10.5 Å². The van der Waals surface area contributed by atoms with Crippen LogP contribution in [0.5, 0.6) is 5.75 Å². The van der Waals surface area contributed by atoms with E-state index in [1.807, 2.05) is 24.3 Å². The summed E-state index contributed by atoms with van der Waals surface area (Å²) in [4.78, 5) is 23.2. The molecule has 0 atom stereocenters. The van der Waals surface area contributed by atoms with Crippen molar-refractivity contribution >= 4 is 11.7 Å². The summed E-state index contributed by atoms with van der Waals surface area (Å²) in [6, 6.07) is 7.38. The van der Waals surface area contributed by atoms with Gasteiger partial charge in [0.05, 0.1) is 12.5 Å². The third kappa shape index (κ3) is 2.10.